The molecule has 42 heavy (non-hydrogen) atoms. The molecule has 0 bridgehead atoms. The normalized spacial score (nSPS) is 14.5. The minimum atomic E-state index is -4.29. The molecule has 0 fully saturated rings. The number of aromatic nitrogens is 2. The summed E-state index contributed by atoms with van der Waals surface area (Å²) < 4.78 is 52.1. The lowest BCUT2D eigenvalue weighted by Gasteiger charge is -2.17. The van der Waals surface area contributed by atoms with Gasteiger partial charge in [-0.05, 0) is 48.5 Å². The second kappa shape index (κ2) is 10.9. The predicted octanol–water partition coefficient (Wildman–Crippen LogP) is 6.56. The average Bonchev–Trinajstić information content (AvgIpc) is 3.68. The van der Waals surface area contributed by atoms with Gasteiger partial charge in [0.1, 0.15) is 17.1 Å². The Morgan fingerprint density at radius 1 is 0.619 bits per heavy atom. The van der Waals surface area contributed by atoms with Gasteiger partial charge in [0.05, 0.1) is 28.8 Å². The van der Waals surface area contributed by atoms with Crippen LogP contribution in [0.2, 0.25) is 39.3 Å². The molecule has 2 aliphatic rings. The van der Waals surface area contributed by atoms with Crippen LogP contribution in [-0.2, 0) is 19.5 Å². The first-order valence-corrected chi connectivity index (χ1v) is 21.1. The van der Waals surface area contributed by atoms with Crippen LogP contribution >= 0.6 is 0 Å². The van der Waals surface area contributed by atoms with Gasteiger partial charge in [0, 0.05) is 34.9 Å². The molecule has 10 heteroatoms. The smallest absolute Gasteiger partial charge is 0.416 e. The van der Waals surface area contributed by atoms with Crippen LogP contribution in [0.1, 0.15) is 17.0 Å². The molecule has 2 aromatic heterocycles. The number of halogens is 3. The molecule has 6 rings (SSSR count). The molecule has 4 aromatic rings. The Kier molecular flexibility index (Phi) is 7.74. The van der Waals surface area contributed by atoms with E-state index in [0.29, 0.717) is 6.67 Å². The molecule has 0 saturated heterocycles. The maximum atomic E-state index is 12.6. The summed E-state index contributed by atoms with van der Waals surface area (Å²) in [6, 6.07) is 22.3. The summed E-state index contributed by atoms with van der Waals surface area (Å²) in [5.74, 6) is 0.898. The number of benzene rings is 2. The molecule has 0 aliphatic carbocycles. The Balaban J connectivity index is 0.000000169. The second-order valence-electron chi connectivity index (χ2n) is 12.9. The van der Waals surface area contributed by atoms with Crippen molar-refractivity contribution in [2.24, 2.45) is 0 Å². The van der Waals surface area contributed by atoms with E-state index in [1.54, 1.807) is 7.11 Å². The van der Waals surface area contributed by atoms with E-state index < -0.39 is 27.9 Å². The van der Waals surface area contributed by atoms with Crippen molar-refractivity contribution in [1.29, 1.82) is 0 Å². The van der Waals surface area contributed by atoms with Crippen LogP contribution in [-0.4, -0.2) is 54.0 Å². The van der Waals surface area contributed by atoms with Crippen molar-refractivity contribution in [3.05, 3.63) is 89.7 Å². The Morgan fingerprint density at radius 2 is 1.02 bits per heavy atom. The fraction of sp³-hybridized carbons (Fsp3) is 0.312. The van der Waals surface area contributed by atoms with E-state index in [4.69, 9.17) is 4.74 Å². The Morgan fingerprint density at radius 3 is 1.38 bits per heavy atom. The van der Waals surface area contributed by atoms with Crippen LogP contribution in [0.5, 0.6) is 5.75 Å². The highest BCUT2D eigenvalue weighted by Gasteiger charge is 2.32. The van der Waals surface area contributed by atoms with Crippen molar-refractivity contribution in [2.75, 3.05) is 7.11 Å². The Labute approximate surface area is 247 Å². The number of rotatable bonds is 5. The molecule has 2 aromatic carbocycles. The summed E-state index contributed by atoms with van der Waals surface area (Å²) in [5.41, 5.74) is 3.78. The van der Waals surface area contributed by atoms with Gasteiger partial charge in [0.25, 0.3) is 0 Å². The molecule has 2 aliphatic heterocycles. The van der Waals surface area contributed by atoms with E-state index in [1.165, 1.54) is 34.1 Å². The quantitative estimate of drug-likeness (QED) is 0.186. The van der Waals surface area contributed by atoms with E-state index in [9.17, 15) is 13.2 Å². The number of alkyl halides is 3. The van der Waals surface area contributed by atoms with Gasteiger partial charge >= 0.3 is 6.18 Å². The standard InChI is InChI=1S/C16H18F3N2Si.C16H21N2OSi/c1-22(2,3)15-9-8-14-10-20(11-21(14)15)13-6-4-12(5-7-13)16(17,18)19;1-19-15-8-5-13(6-9-15)17-11-14-7-10-16(18(14)12-17)20(2,3)4/h4-10H,11H2,1-3H3;5-11H,12H2,1-4H3/q2*+1. The van der Waals surface area contributed by atoms with Gasteiger partial charge in [-0.25, -0.2) is 0 Å². The highest BCUT2D eigenvalue weighted by molar-refractivity contribution is 6.88. The molecule has 4 heterocycles. The third-order valence-electron chi connectivity index (χ3n) is 7.66. The summed E-state index contributed by atoms with van der Waals surface area (Å²) in [7, 11) is -1.02. The molecule has 0 spiro atoms. The van der Waals surface area contributed by atoms with Crippen molar-refractivity contribution in [3.8, 4) is 5.75 Å². The van der Waals surface area contributed by atoms with Gasteiger partial charge < -0.3 is 4.74 Å². The fourth-order valence-corrected chi connectivity index (χ4v) is 8.64. The highest BCUT2D eigenvalue weighted by atomic mass is 28.3. The van der Waals surface area contributed by atoms with Gasteiger partial charge in [-0.2, -0.15) is 22.3 Å². The monoisotopic (exact) mass is 608 g/mol. The maximum Gasteiger partial charge on any atom is 0.416 e. The van der Waals surface area contributed by atoms with Crippen LogP contribution < -0.4 is 15.4 Å². The molecule has 5 nitrogen and oxygen atoms in total. The van der Waals surface area contributed by atoms with E-state index in [-0.39, 0.29) is 0 Å². The maximum absolute atomic E-state index is 12.6. The molecule has 0 atom stereocenters. The molecular formula is C32H39F3N4OSi2+2. The lowest BCUT2D eigenvalue weighted by Crippen LogP contribution is -2.43. The van der Waals surface area contributed by atoms with Crippen LogP contribution in [0.15, 0.2) is 72.8 Å². The zero-order valence-electron chi connectivity index (χ0n) is 25.3. The van der Waals surface area contributed by atoms with Crippen molar-refractivity contribution in [1.82, 2.24) is 9.13 Å². The van der Waals surface area contributed by atoms with Gasteiger partial charge in [-0.15, -0.1) is 0 Å². The predicted molar refractivity (Wildman–Crippen MR) is 169 cm³/mol. The minimum absolute atomic E-state index is 0.613. The third kappa shape index (κ3) is 6.10. The van der Waals surface area contributed by atoms with Gasteiger partial charge in [0.15, 0.2) is 12.4 Å². The molecule has 0 amide bonds. The van der Waals surface area contributed by atoms with Crippen LogP contribution in [0.3, 0.4) is 0 Å². The molecular weight excluding hydrogens is 570 g/mol. The number of fused-ring (bicyclic) bond motifs is 2. The Hall–Kier alpha value is -3.64. The van der Waals surface area contributed by atoms with Crippen LogP contribution in [0.4, 0.5) is 24.5 Å². The lowest BCUT2D eigenvalue weighted by atomic mass is 10.2. The summed E-state index contributed by atoms with van der Waals surface area (Å²) in [4.78, 5) is 0. The van der Waals surface area contributed by atoms with Gasteiger partial charge in [-0.3, -0.25) is 9.13 Å². The van der Waals surface area contributed by atoms with Crippen LogP contribution in [0, 0.1) is 0 Å². The topological polar surface area (TPSA) is 25.1 Å². The van der Waals surface area contributed by atoms with Crippen molar-refractivity contribution in [3.63, 3.8) is 0 Å². The lowest BCUT2D eigenvalue weighted by molar-refractivity contribution is -0.463. The highest BCUT2D eigenvalue weighted by Crippen LogP contribution is 2.31. The number of ether oxygens (including phenoxy) is 1. The number of hydrogen-bond donors (Lipinski definition) is 0. The summed E-state index contributed by atoms with van der Waals surface area (Å²) in [5, 5.41) is 2.87. The van der Waals surface area contributed by atoms with E-state index in [2.05, 4.69) is 95.6 Å². The zero-order valence-corrected chi connectivity index (χ0v) is 27.3. The molecule has 220 valence electrons. The van der Waals surface area contributed by atoms with Gasteiger partial charge in [-0.1, -0.05) is 39.3 Å². The van der Waals surface area contributed by atoms with Crippen molar-refractivity contribution in [2.45, 2.75) is 58.8 Å². The summed E-state index contributed by atoms with van der Waals surface area (Å²) >= 11 is 0. The first-order chi connectivity index (χ1) is 19.6. The number of nitrogens with zero attached hydrogens (tertiary/aromatic N) is 4. The van der Waals surface area contributed by atoms with E-state index in [0.717, 1.165) is 35.9 Å². The van der Waals surface area contributed by atoms with E-state index >= 15 is 0 Å². The summed E-state index contributed by atoms with van der Waals surface area (Å²) in [6.07, 6.45) is -0.0682. The molecule has 0 unspecified atom stereocenters. The zero-order chi connectivity index (χ0) is 30.4. The second-order valence-corrected chi connectivity index (χ2v) is 22.9. The number of methoxy groups -OCH3 is 1. The molecule has 0 N–H and O–H groups in total. The van der Waals surface area contributed by atoms with Gasteiger partial charge in [0.2, 0.25) is 24.7 Å². The SMILES string of the molecule is COc1ccc([N+]2=Cc3ccc([Si](C)(C)C)n3C2)cc1.C[Si](C)(C)c1ccc2n1C[N+](c1ccc(C(F)(F)F)cc1)=C2. The number of hydrogen-bond acceptors (Lipinski definition) is 1. The van der Waals surface area contributed by atoms with Crippen molar-refractivity contribution < 1.29 is 27.1 Å². The first-order valence-electron chi connectivity index (χ1n) is 14.1. The van der Waals surface area contributed by atoms with Crippen molar-refractivity contribution >= 4 is 50.6 Å². The average molecular weight is 609 g/mol. The Bertz CT molecular complexity index is 1650. The van der Waals surface area contributed by atoms with E-state index in [1.807, 2.05) is 22.9 Å². The minimum Gasteiger partial charge on any atom is -0.497 e. The fourth-order valence-electron chi connectivity index (χ4n) is 5.45. The first kappa shape index (κ1) is 29.8. The molecule has 0 radical (unpaired) electrons. The third-order valence-corrected chi connectivity index (χ3v) is 11.6. The molecule has 0 saturated carbocycles. The summed E-state index contributed by atoms with van der Waals surface area (Å²) in [6.45, 7) is 15.6. The van der Waals surface area contributed by atoms with Crippen LogP contribution in [0.25, 0.3) is 0 Å². The largest absolute Gasteiger partial charge is 0.497 e.